The van der Waals surface area contributed by atoms with Crippen molar-refractivity contribution in [2.24, 2.45) is 27.2 Å². The Balaban J connectivity index is 0.000000450. The van der Waals surface area contributed by atoms with Crippen molar-refractivity contribution in [3.63, 3.8) is 0 Å². The van der Waals surface area contributed by atoms with Crippen LogP contribution in [0.4, 0.5) is 13.2 Å². The van der Waals surface area contributed by atoms with E-state index in [0.717, 1.165) is 34.7 Å². The molecule has 1 aromatic rings. The van der Waals surface area contributed by atoms with Crippen molar-refractivity contribution in [3.05, 3.63) is 34.6 Å². The summed E-state index contributed by atoms with van der Waals surface area (Å²) in [6.07, 6.45) is -0.354. The first-order valence-corrected chi connectivity index (χ1v) is 7.27. The molecule has 0 fully saturated rings. The molecule has 0 spiro atoms. The number of halogens is 4. The average molecular weight is 377 g/mol. The van der Waals surface area contributed by atoms with Gasteiger partial charge in [-0.2, -0.15) is 18.2 Å². The van der Waals surface area contributed by atoms with Crippen LogP contribution in [0.25, 0.3) is 5.57 Å². The Kier molecular flexibility index (Phi) is 7.37. The molecule has 1 aliphatic rings. The molecule has 136 valence electrons. The van der Waals surface area contributed by atoms with E-state index in [1.54, 1.807) is 12.3 Å². The van der Waals surface area contributed by atoms with Crippen LogP contribution in [0.15, 0.2) is 28.3 Å². The van der Waals surface area contributed by atoms with Gasteiger partial charge in [-0.3, -0.25) is 14.8 Å². The molecule has 25 heavy (non-hydrogen) atoms. The van der Waals surface area contributed by atoms with Gasteiger partial charge >= 0.3 is 6.18 Å². The summed E-state index contributed by atoms with van der Waals surface area (Å²) in [5, 5.41) is 0.718. The maximum absolute atomic E-state index is 10.4. The van der Waals surface area contributed by atoms with Crippen molar-refractivity contribution in [2.75, 3.05) is 6.54 Å². The number of allylic oxidation sites excluding steroid dienone is 1. The molecule has 1 aromatic heterocycles. The van der Waals surface area contributed by atoms with Crippen LogP contribution in [-0.2, 0) is 11.2 Å². The van der Waals surface area contributed by atoms with Crippen LogP contribution in [0.5, 0.6) is 0 Å². The van der Waals surface area contributed by atoms with Crippen LogP contribution in [0.2, 0.25) is 5.02 Å². The highest BCUT2D eigenvalue weighted by Gasteiger charge is 2.24. The third-order valence-electron chi connectivity index (χ3n) is 2.87. The van der Waals surface area contributed by atoms with Gasteiger partial charge in [-0.05, 0) is 18.1 Å². The summed E-state index contributed by atoms with van der Waals surface area (Å²) < 4.78 is 31.2. The minimum Gasteiger partial charge on any atom is -0.370 e. The van der Waals surface area contributed by atoms with Gasteiger partial charge in [-0.15, -0.1) is 0 Å². The van der Waals surface area contributed by atoms with E-state index in [2.05, 4.69) is 21.0 Å². The summed E-state index contributed by atoms with van der Waals surface area (Å²) in [6.45, 7) is 0.499. The van der Waals surface area contributed by atoms with Crippen LogP contribution < -0.4 is 17.2 Å². The highest BCUT2D eigenvalue weighted by molar-refractivity contribution is 6.32. The largest absolute Gasteiger partial charge is 0.446 e. The summed E-state index contributed by atoms with van der Waals surface area (Å²) in [7, 11) is 0. The number of aromatic nitrogens is 1. The first-order valence-electron chi connectivity index (χ1n) is 6.89. The predicted molar refractivity (Wildman–Crippen MR) is 90.0 cm³/mol. The number of guanidine groups is 2. The lowest BCUT2D eigenvalue weighted by Crippen LogP contribution is -2.26. The van der Waals surface area contributed by atoms with Gasteiger partial charge in [0.1, 0.15) is 0 Å². The van der Waals surface area contributed by atoms with Crippen LogP contribution in [-0.4, -0.2) is 35.9 Å². The van der Waals surface area contributed by atoms with Crippen LogP contribution >= 0.6 is 11.6 Å². The van der Waals surface area contributed by atoms with E-state index >= 15 is 0 Å². The molecule has 0 amide bonds. The Morgan fingerprint density at radius 3 is 2.56 bits per heavy atom. The average Bonchev–Trinajstić information content (AvgIpc) is 2.91. The smallest absolute Gasteiger partial charge is 0.370 e. The number of hydrogen-bond donors (Lipinski definition) is 3. The van der Waals surface area contributed by atoms with Gasteiger partial charge in [0, 0.05) is 24.7 Å². The minimum absolute atomic E-state index is 0.0797. The fourth-order valence-electron chi connectivity index (χ4n) is 1.98. The van der Waals surface area contributed by atoms with Crippen molar-refractivity contribution >= 4 is 35.4 Å². The van der Waals surface area contributed by atoms with Crippen LogP contribution in [0, 0.1) is 0 Å². The summed E-state index contributed by atoms with van der Waals surface area (Å²) in [5.74, 6) is -0.0185. The van der Waals surface area contributed by atoms with Crippen LogP contribution in [0.3, 0.4) is 0 Å². The van der Waals surface area contributed by atoms with Gasteiger partial charge in [0.05, 0.1) is 10.7 Å². The standard InChI is InChI=1S/C12H15ClN6.C2HF3O/c13-8-4-6-17-9-2-1-7(10(8)9)3-5-18-12(16)19-11(14)15;3-2(4,5)1-6/h1,4,6H,2-3,5H2,(H6,14,15,16,18,19);1H. The molecule has 7 nitrogen and oxygen atoms in total. The number of hydrogen-bond acceptors (Lipinski definition) is 3. The first kappa shape index (κ1) is 20.4. The van der Waals surface area contributed by atoms with Crippen molar-refractivity contribution in [1.82, 2.24) is 4.98 Å². The summed E-state index contributed by atoms with van der Waals surface area (Å²) in [6, 6.07) is 1.79. The Bertz CT molecular complexity index is 711. The molecule has 2 rings (SSSR count). The van der Waals surface area contributed by atoms with Gasteiger partial charge in [0.25, 0.3) is 0 Å². The van der Waals surface area contributed by atoms with E-state index in [0.29, 0.717) is 6.54 Å². The molecule has 1 heterocycles. The Labute approximate surface area is 146 Å². The number of alkyl halides is 3. The zero-order valence-corrected chi connectivity index (χ0v) is 13.7. The van der Waals surface area contributed by atoms with Gasteiger partial charge in [-0.1, -0.05) is 17.7 Å². The minimum atomic E-state index is -4.64. The molecule has 0 aromatic carbocycles. The fourth-order valence-corrected chi connectivity index (χ4v) is 2.27. The number of carbonyl (C=O) groups excluding carboxylic acids is 1. The molecule has 0 atom stereocenters. The maximum atomic E-state index is 10.4. The van der Waals surface area contributed by atoms with Crippen molar-refractivity contribution in [3.8, 4) is 0 Å². The molecule has 6 N–H and O–H groups in total. The quantitative estimate of drug-likeness (QED) is 0.416. The number of aliphatic imine (C=N–C) groups is 2. The first-order chi connectivity index (χ1) is 11.6. The number of pyridine rings is 1. The van der Waals surface area contributed by atoms with E-state index in [1.165, 1.54) is 0 Å². The highest BCUT2D eigenvalue weighted by atomic mass is 35.5. The molecular weight excluding hydrogens is 361 g/mol. The topological polar surface area (TPSA) is 133 Å². The van der Waals surface area contributed by atoms with Crippen LogP contribution in [0.1, 0.15) is 17.7 Å². The van der Waals surface area contributed by atoms with E-state index in [1.807, 2.05) is 0 Å². The Morgan fingerprint density at radius 1 is 1.36 bits per heavy atom. The predicted octanol–water partition coefficient (Wildman–Crippen LogP) is 1.40. The van der Waals surface area contributed by atoms with Crippen molar-refractivity contribution in [2.45, 2.75) is 19.0 Å². The zero-order chi connectivity index (χ0) is 19.0. The third kappa shape index (κ3) is 7.21. The third-order valence-corrected chi connectivity index (χ3v) is 3.19. The lowest BCUT2D eigenvalue weighted by Gasteiger charge is -2.05. The second-order valence-corrected chi connectivity index (χ2v) is 5.14. The Hall–Kier alpha value is -2.62. The fraction of sp³-hybridized carbons (Fsp3) is 0.286. The SMILES string of the molecule is NC(N)=NC(N)=NCCC1=CCc2nccc(Cl)c21.O=CC(F)(F)F. The molecule has 0 radical (unpaired) electrons. The number of carbonyl (C=O) groups is 1. The van der Waals surface area contributed by atoms with Gasteiger partial charge in [0.15, 0.2) is 5.96 Å². The van der Waals surface area contributed by atoms with Crippen molar-refractivity contribution < 1.29 is 18.0 Å². The second kappa shape index (κ2) is 9.02. The number of fused-ring (bicyclic) bond motifs is 1. The highest BCUT2D eigenvalue weighted by Crippen LogP contribution is 2.33. The lowest BCUT2D eigenvalue weighted by molar-refractivity contribution is -0.156. The second-order valence-electron chi connectivity index (χ2n) is 4.73. The monoisotopic (exact) mass is 376 g/mol. The molecule has 1 aliphatic carbocycles. The van der Waals surface area contributed by atoms with E-state index in [9.17, 15) is 13.2 Å². The molecule has 11 heteroatoms. The number of aldehydes is 1. The normalized spacial score (nSPS) is 13.3. The van der Waals surface area contributed by atoms with Crippen molar-refractivity contribution in [1.29, 1.82) is 0 Å². The molecule has 0 unspecified atom stereocenters. The Morgan fingerprint density at radius 2 is 2.00 bits per heavy atom. The van der Waals surface area contributed by atoms with E-state index in [4.69, 9.17) is 33.6 Å². The molecule has 0 saturated heterocycles. The van der Waals surface area contributed by atoms with E-state index < -0.39 is 12.5 Å². The van der Waals surface area contributed by atoms with Gasteiger partial charge in [-0.25, -0.2) is 0 Å². The molecule has 0 saturated carbocycles. The molecular formula is C14H16ClF3N6O. The number of nitrogens with zero attached hydrogens (tertiary/aromatic N) is 3. The molecule has 0 aliphatic heterocycles. The maximum Gasteiger partial charge on any atom is 0.446 e. The zero-order valence-electron chi connectivity index (χ0n) is 12.9. The summed E-state index contributed by atoms with van der Waals surface area (Å²) in [4.78, 5) is 20.7. The number of rotatable bonds is 3. The van der Waals surface area contributed by atoms with Gasteiger partial charge < -0.3 is 17.2 Å². The van der Waals surface area contributed by atoms with E-state index in [-0.39, 0.29) is 11.9 Å². The summed E-state index contributed by atoms with van der Waals surface area (Å²) >= 11 is 6.18. The number of nitrogens with two attached hydrogens (primary N) is 3. The lowest BCUT2D eigenvalue weighted by atomic mass is 10.1. The molecule has 0 bridgehead atoms. The summed E-state index contributed by atoms with van der Waals surface area (Å²) in [5.41, 5.74) is 19.1. The van der Waals surface area contributed by atoms with Gasteiger partial charge in [0.2, 0.25) is 12.2 Å².